The van der Waals surface area contributed by atoms with Crippen molar-refractivity contribution in [3.63, 3.8) is 0 Å². The van der Waals surface area contributed by atoms with Crippen LogP contribution in [0.3, 0.4) is 0 Å². The second kappa shape index (κ2) is 6.37. The first-order valence-electron chi connectivity index (χ1n) is 6.80. The van der Waals surface area contributed by atoms with Crippen LogP contribution in [-0.2, 0) is 29.7 Å². The maximum Gasteiger partial charge on any atom is 0.244 e. The maximum absolute atomic E-state index is 12.4. The van der Waals surface area contributed by atoms with Crippen molar-refractivity contribution in [3.8, 4) is 0 Å². The van der Waals surface area contributed by atoms with Crippen molar-refractivity contribution in [2.75, 3.05) is 0 Å². The second-order valence-electron chi connectivity index (χ2n) is 5.29. The molecule has 0 fully saturated rings. The molecule has 1 aliphatic rings. The Morgan fingerprint density at radius 3 is 2.64 bits per heavy atom. The zero-order valence-electron chi connectivity index (χ0n) is 12.4. The zero-order chi connectivity index (χ0) is 15.0. The smallest absolute Gasteiger partial charge is 0.244 e. The van der Waals surface area contributed by atoms with Crippen molar-refractivity contribution in [2.45, 2.75) is 38.4 Å². The summed E-state index contributed by atoms with van der Waals surface area (Å²) in [5, 5.41) is 9.90. The minimum absolute atomic E-state index is 0. The summed E-state index contributed by atoms with van der Waals surface area (Å²) in [6.07, 6.45) is 0. The first-order valence-corrected chi connectivity index (χ1v) is 8.28. The number of hydrogen-bond acceptors (Lipinski definition) is 4. The predicted octanol–water partition coefficient (Wildman–Crippen LogP) is 1.53. The molecule has 1 aliphatic heterocycles. The summed E-state index contributed by atoms with van der Waals surface area (Å²) in [6.45, 7) is 5.39. The van der Waals surface area contributed by atoms with Gasteiger partial charge in [0.25, 0.3) is 0 Å². The third kappa shape index (κ3) is 3.17. The van der Waals surface area contributed by atoms with Crippen LogP contribution >= 0.6 is 12.4 Å². The average Bonchev–Trinajstić information content (AvgIpc) is 3.02. The number of nitrogens with one attached hydrogen (secondary N) is 3. The number of nitrogens with zero attached hydrogens (tertiary/aromatic N) is 1. The number of aromatic nitrogens is 2. The fourth-order valence-corrected chi connectivity index (χ4v) is 4.03. The molecule has 0 amide bonds. The first kappa shape index (κ1) is 17.0. The molecule has 3 N–H and O–H groups in total. The number of rotatable bonds is 4. The quantitative estimate of drug-likeness (QED) is 0.786. The molecular formula is C14H19ClN4O2S. The summed E-state index contributed by atoms with van der Waals surface area (Å²) in [7, 11) is -3.55. The highest BCUT2D eigenvalue weighted by Gasteiger charge is 2.22. The number of aryl methyl sites for hydroxylation is 2. The SMILES string of the molecule is Cc1n[nH]c(C)c1S(=O)(=O)NCc1ccc2c(c1)CNC2.Cl. The lowest BCUT2D eigenvalue weighted by Crippen LogP contribution is -2.24. The van der Waals surface area contributed by atoms with Crippen LogP contribution in [0.25, 0.3) is 0 Å². The van der Waals surface area contributed by atoms with Gasteiger partial charge in [-0.15, -0.1) is 12.4 Å². The van der Waals surface area contributed by atoms with Gasteiger partial charge in [-0.3, -0.25) is 5.10 Å². The van der Waals surface area contributed by atoms with Crippen molar-refractivity contribution in [3.05, 3.63) is 46.3 Å². The van der Waals surface area contributed by atoms with E-state index >= 15 is 0 Å². The van der Waals surface area contributed by atoms with Crippen LogP contribution in [0.2, 0.25) is 0 Å². The van der Waals surface area contributed by atoms with E-state index in [9.17, 15) is 8.42 Å². The Morgan fingerprint density at radius 1 is 1.23 bits per heavy atom. The molecule has 0 radical (unpaired) electrons. The van der Waals surface area contributed by atoms with E-state index < -0.39 is 10.0 Å². The summed E-state index contributed by atoms with van der Waals surface area (Å²) in [5.41, 5.74) is 4.52. The number of sulfonamides is 1. The number of benzene rings is 1. The Kier molecular flexibility index (Phi) is 4.91. The van der Waals surface area contributed by atoms with Crippen molar-refractivity contribution in [1.82, 2.24) is 20.2 Å². The lowest BCUT2D eigenvalue weighted by atomic mass is 10.1. The molecule has 2 heterocycles. The van der Waals surface area contributed by atoms with E-state index in [1.807, 2.05) is 18.2 Å². The Hall–Kier alpha value is -1.41. The van der Waals surface area contributed by atoms with Crippen LogP contribution in [0.1, 0.15) is 28.1 Å². The van der Waals surface area contributed by atoms with E-state index in [1.165, 1.54) is 11.1 Å². The topological polar surface area (TPSA) is 86.9 Å². The van der Waals surface area contributed by atoms with Crippen LogP contribution in [0.5, 0.6) is 0 Å². The van der Waals surface area contributed by atoms with Gasteiger partial charge in [0.1, 0.15) is 4.90 Å². The molecule has 3 rings (SSSR count). The van der Waals surface area contributed by atoms with Crippen molar-refractivity contribution in [1.29, 1.82) is 0 Å². The summed E-state index contributed by atoms with van der Waals surface area (Å²) in [5.74, 6) is 0. The average molecular weight is 343 g/mol. The molecule has 2 aromatic rings. The van der Waals surface area contributed by atoms with Gasteiger partial charge in [-0.1, -0.05) is 18.2 Å². The van der Waals surface area contributed by atoms with Gasteiger partial charge in [-0.25, -0.2) is 13.1 Å². The predicted molar refractivity (Wildman–Crippen MR) is 86.3 cm³/mol. The molecule has 6 nitrogen and oxygen atoms in total. The van der Waals surface area contributed by atoms with Gasteiger partial charge in [-0.2, -0.15) is 5.10 Å². The highest BCUT2D eigenvalue weighted by Crippen LogP contribution is 2.19. The first-order chi connectivity index (χ1) is 9.97. The molecular weight excluding hydrogens is 324 g/mol. The van der Waals surface area contributed by atoms with Gasteiger partial charge < -0.3 is 5.32 Å². The minimum atomic E-state index is -3.55. The van der Waals surface area contributed by atoms with Gasteiger partial charge in [0.05, 0.1) is 11.4 Å². The molecule has 8 heteroatoms. The van der Waals surface area contributed by atoms with E-state index in [4.69, 9.17) is 0 Å². The fourth-order valence-electron chi connectivity index (χ4n) is 2.65. The van der Waals surface area contributed by atoms with Crippen LogP contribution in [-0.4, -0.2) is 18.6 Å². The van der Waals surface area contributed by atoms with Gasteiger partial charge in [0.2, 0.25) is 10.0 Å². The normalized spacial score (nSPS) is 13.7. The molecule has 0 saturated carbocycles. The largest absolute Gasteiger partial charge is 0.309 e. The van der Waals surface area contributed by atoms with Gasteiger partial charge in [0.15, 0.2) is 0 Å². The zero-order valence-corrected chi connectivity index (χ0v) is 14.1. The molecule has 1 aromatic carbocycles. The summed E-state index contributed by atoms with van der Waals surface area (Å²) >= 11 is 0. The molecule has 0 saturated heterocycles. The Morgan fingerprint density at radius 2 is 1.95 bits per heavy atom. The highest BCUT2D eigenvalue weighted by atomic mass is 35.5. The molecule has 22 heavy (non-hydrogen) atoms. The van der Waals surface area contributed by atoms with E-state index in [-0.39, 0.29) is 23.8 Å². The lowest BCUT2D eigenvalue weighted by molar-refractivity contribution is 0.580. The fraction of sp³-hybridized carbons (Fsp3) is 0.357. The molecule has 0 bridgehead atoms. The Bertz CT molecular complexity index is 767. The number of halogens is 1. The molecule has 0 aliphatic carbocycles. The molecule has 0 spiro atoms. The van der Waals surface area contributed by atoms with E-state index in [2.05, 4.69) is 20.2 Å². The monoisotopic (exact) mass is 342 g/mol. The molecule has 120 valence electrons. The van der Waals surface area contributed by atoms with Gasteiger partial charge >= 0.3 is 0 Å². The maximum atomic E-state index is 12.4. The third-order valence-corrected chi connectivity index (χ3v) is 5.36. The highest BCUT2D eigenvalue weighted by molar-refractivity contribution is 7.89. The van der Waals surface area contributed by atoms with Crippen LogP contribution in [0.15, 0.2) is 23.1 Å². The van der Waals surface area contributed by atoms with Crippen molar-refractivity contribution < 1.29 is 8.42 Å². The van der Waals surface area contributed by atoms with Crippen LogP contribution in [0, 0.1) is 13.8 Å². The van der Waals surface area contributed by atoms with E-state index in [0.29, 0.717) is 11.4 Å². The van der Waals surface area contributed by atoms with Crippen LogP contribution in [0.4, 0.5) is 0 Å². The number of fused-ring (bicyclic) bond motifs is 1. The molecule has 0 unspecified atom stereocenters. The second-order valence-corrected chi connectivity index (χ2v) is 7.00. The lowest BCUT2D eigenvalue weighted by Gasteiger charge is -2.08. The summed E-state index contributed by atoms with van der Waals surface area (Å²) in [6, 6.07) is 6.06. The molecule has 0 atom stereocenters. The molecule has 1 aromatic heterocycles. The van der Waals surface area contributed by atoms with Crippen molar-refractivity contribution in [2.24, 2.45) is 0 Å². The number of aromatic amines is 1. The van der Waals surface area contributed by atoms with Gasteiger partial charge in [-0.05, 0) is 30.5 Å². The number of H-pyrrole nitrogens is 1. The van der Waals surface area contributed by atoms with Gasteiger partial charge in [0, 0.05) is 19.6 Å². The third-order valence-electron chi connectivity index (χ3n) is 3.70. The Balaban J connectivity index is 0.00000176. The Labute approximate surface area is 136 Å². The number of hydrogen-bond donors (Lipinski definition) is 3. The van der Waals surface area contributed by atoms with E-state index in [0.717, 1.165) is 18.7 Å². The van der Waals surface area contributed by atoms with Crippen molar-refractivity contribution >= 4 is 22.4 Å². The van der Waals surface area contributed by atoms with Crippen LogP contribution < -0.4 is 10.0 Å². The summed E-state index contributed by atoms with van der Waals surface area (Å²) in [4.78, 5) is 0.241. The minimum Gasteiger partial charge on any atom is -0.309 e. The standard InChI is InChI=1S/C14H18N4O2S.ClH/c1-9-14(10(2)18-17-9)21(19,20)16-6-11-3-4-12-7-15-8-13(12)5-11;/h3-5,15-16H,6-8H2,1-2H3,(H,17,18);1H. The summed E-state index contributed by atoms with van der Waals surface area (Å²) < 4.78 is 27.4. The van der Waals surface area contributed by atoms with E-state index in [1.54, 1.807) is 13.8 Å².